The molecule has 27 heavy (non-hydrogen) atoms. The standard InChI is InChI=1S/C23H24N2O2/c26-23-18(10-9-17-5-3-12-24-16-17)11-13-25(23)22(15-19-6-4-14-27-19)20-7-1-2-8-21(20)23/h1-8,12,14,16,18,22,26H,9-11,13,15H2/t18-,22-,23-/m0/s1. The van der Waals surface area contributed by atoms with Crippen LogP contribution in [0.25, 0.3) is 0 Å². The Balaban J connectivity index is 1.44. The molecule has 4 heterocycles. The first-order valence-electron chi connectivity index (χ1n) is 9.76. The molecular weight excluding hydrogens is 336 g/mol. The number of aromatic nitrogens is 1. The first-order chi connectivity index (χ1) is 13.3. The second-order valence-electron chi connectivity index (χ2n) is 7.69. The minimum atomic E-state index is -0.879. The molecule has 0 bridgehead atoms. The maximum atomic E-state index is 11.9. The van der Waals surface area contributed by atoms with Gasteiger partial charge in [0.25, 0.3) is 0 Å². The summed E-state index contributed by atoms with van der Waals surface area (Å²) in [6.07, 6.45) is 9.17. The second kappa shape index (κ2) is 6.63. The lowest BCUT2D eigenvalue weighted by Crippen LogP contribution is -2.41. The van der Waals surface area contributed by atoms with E-state index in [1.54, 1.807) is 12.5 Å². The third-order valence-corrected chi connectivity index (χ3v) is 6.30. The van der Waals surface area contributed by atoms with Gasteiger partial charge in [-0.3, -0.25) is 9.88 Å². The van der Waals surface area contributed by atoms with Crippen molar-refractivity contribution in [1.29, 1.82) is 0 Å². The van der Waals surface area contributed by atoms with Gasteiger partial charge in [0.2, 0.25) is 0 Å². The molecule has 2 aliphatic heterocycles. The van der Waals surface area contributed by atoms with E-state index in [4.69, 9.17) is 4.42 Å². The molecule has 1 saturated heterocycles. The summed E-state index contributed by atoms with van der Waals surface area (Å²) < 4.78 is 5.61. The molecule has 3 atom stereocenters. The van der Waals surface area contributed by atoms with Crippen LogP contribution in [0.5, 0.6) is 0 Å². The number of aliphatic hydroxyl groups is 1. The summed E-state index contributed by atoms with van der Waals surface area (Å²) in [4.78, 5) is 6.52. The van der Waals surface area contributed by atoms with Crippen molar-refractivity contribution in [3.05, 3.63) is 89.6 Å². The first kappa shape index (κ1) is 16.7. The van der Waals surface area contributed by atoms with Gasteiger partial charge in [0.15, 0.2) is 0 Å². The Morgan fingerprint density at radius 1 is 1.15 bits per heavy atom. The molecule has 1 aromatic carbocycles. The van der Waals surface area contributed by atoms with Crippen molar-refractivity contribution in [3.63, 3.8) is 0 Å². The summed E-state index contributed by atoms with van der Waals surface area (Å²) in [6, 6.07) is 16.6. The summed E-state index contributed by atoms with van der Waals surface area (Å²) in [5, 5.41) is 11.9. The minimum Gasteiger partial charge on any atom is -0.469 e. The average Bonchev–Trinajstić information content (AvgIpc) is 3.38. The van der Waals surface area contributed by atoms with E-state index >= 15 is 0 Å². The molecule has 0 aliphatic carbocycles. The molecular formula is C23H24N2O2. The van der Waals surface area contributed by atoms with Crippen LogP contribution in [-0.4, -0.2) is 21.5 Å². The Labute approximate surface area is 159 Å². The molecule has 4 nitrogen and oxygen atoms in total. The molecule has 0 radical (unpaired) electrons. The van der Waals surface area contributed by atoms with E-state index in [0.717, 1.165) is 43.6 Å². The maximum Gasteiger partial charge on any atom is 0.148 e. The van der Waals surface area contributed by atoms with Gasteiger partial charge < -0.3 is 9.52 Å². The topological polar surface area (TPSA) is 49.5 Å². The molecule has 1 N–H and O–H groups in total. The van der Waals surface area contributed by atoms with Crippen LogP contribution >= 0.6 is 0 Å². The summed E-state index contributed by atoms with van der Waals surface area (Å²) in [5.74, 6) is 1.19. The van der Waals surface area contributed by atoms with Crippen LogP contribution in [-0.2, 0) is 18.6 Å². The lowest BCUT2D eigenvalue weighted by Gasteiger charge is -2.35. The highest BCUT2D eigenvalue weighted by molar-refractivity contribution is 5.42. The summed E-state index contributed by atoms with van der Waals surface area (Å²) in [6.45, 7) is 0.911. The Kier molecular flexibility index (Phi) is 4.10. The van der Waals surface area contributed by atoms with Crippen LogP contribution in [0.4, 0.5) is 0 Å². The number of fused-ring (bicyclic) bond motifs is 3. The normalized spacial score (nSPS) is 26.9. The lowest BCUT2D eigenvalue weighted by atomic mass is 9.85. The number of pyridine rings is 1. The SMILES string of the molecule is O[C@@]12c3ccccc3[C@H](Cc3ccco3)N1CC[C@@H]2CCc1cccnc1. The zero-order valence-electron chi connectivity index (χ0n) is 15.3. The molecule has 1 fully saturated rings. The number of furan rings is 1. The van der Waals surface area contributed by atoms with Crippen LogP contribution in [0.1, 0.15) is 41.3 Å². The fourth-order valence-electron chi connectivity index (χ4n) is 5.03. The van der Waals surface area contributed by atoms with Gasteiger partial charge in [-0.25, -0.2) is 0 Å². The Hall–Kier alpha value is -2.43. The van der Waals surface area contributed by atoms with Crippen LogP contribution in [0, 0.1) is 5.92 Å². The van der Waals surface area contributed by atoms with Gasteiger partial charge >= 0.3 is 0 Å². The van der Waals surface area contributed by atoms with E-state index < -0.39 is 5.72 Å². The largest absolute Gasteiger partial charge is 0.469 e. The van der Waals surface area contributed by atoms with Gasteiger partial charge in [0.1, 0.15) is 11.5 Å². The monoisotopic (exact) mass is 360 g/mol. The van der Waals surface area contributed by atoms with Crippen molar-refractivity contribution in [2.24, 2.45) is 5.92 Å². The predicted molar refractivity (Wildman–Crippen MR) is 103 cm³/mol. The number of hydrogen-bond donors (Lipinski definition) is 1. The predicted octanol–water partition coefficient (Wildman–Crippen LogP) is 4.07. The summed E-state index contributed by atoms with van der Waals surface area (Å²) in [7, 11) is 0. The van der Waals surface area contributed by atoms with Gasteiger partial charge in [-0.1, -0.05) is 30.3 Å². The number of aryl methyl sites for hydroxylation is 1. The van der Waals surface area contributed by atoms with Gasteiger partial charge in [0, 0.05) is 42.9 Å². The number of benzene rings is 1. The fraction of sp³-hybridized carbons (Fsp3) is 0.348. The Bertz CT molecular complexity index is 909. The Morgan fingerprint density at radius 2 is 2.07 bits per heavy atom. The number of hydrogen-bond acceptors (Lipinski definition) is 4. The van der Waals surface area contributed by atoms with Gasteiger partial charge in [0.05, 0.1) is 6.26 Å². The van der Waals surface area contributed by atoms with Crippen LogP contribution in [0.2, 0.25) is 0 Å². The smallest absolute Gasteiger partial charge is 0.148 e. The lowest BCUT2D eigenvalue weighted by molar-refractivity contribution is -0.123. The molecule has 4 heteroatoms. The highest BCUT2D eigenvalue weighted by Gasteiger charge is 2.56. The van der Waals surface area contributed by atoms with Gasteiger partial charge in [-0.05, 0) is 48.6 Å². The van der Waals surface area contributed by atoms with Crippen molar-refractivity contribution in [1.82, 2.24) is 9.88 Å². The zero-order valence-corrected chi connectivity index (χ0v) is 15.3. The van der Waals surface area contributed by atoms with Crippen LogP contribution in [0.3, 0.4) is 0 Å². The molecule has 2 aromatic heterocycles. The van der Waals surface area contributed by atoms with Crippen LogP contribution < -0.4 is 0 Å². The fourth-order valence-corrected chi connectivity index (χ4v) is 5.03. The molecule has 0 saturated carbocycles. The van der Waals surface area contributed by atoms with E-state index in [-0.39, 0.29) is 12.0 Å². The van der Waals surface area contributed by atoms with Crippen molar-refractivity contribution < 1.29 is 9.52 Å². The zero-order chi connectivity index (χ0) is 18.3. The third kappa shape index (κ3) is 2.71. The van der Waals surface area contributed by atoms with Crippen molar-refractivity contribution in [2.75, 3.05) is 6.54 Å². The molecule has 2 aliphatic rings. The quantitative estimate of drug-likeness (QED) is 0.745. The highest BCUT2D eigenvalue weighted by Crippen LogP contribution is 2.55. The van der Waals surface area contributed by atoms with E-state index in [9.17, 15) is 5.11 Å². The molecule has 138 valence electrons. The van der Waals surface area contributed by atoms with Crippen molar-refractivity contribution in [3.8, 4) is 0 Å². The van der Waals surface area contributed by atoms with Gasteiger partial charge in [-0.15, -0.1) is 0 Å². The molecule has 3 aromatic rings. The van der Waals surface area contributed by atoms with E-state index in [1.807, 2.05) is 30.5 Å². The van der Waals surface area contributed by atoms with Crippen molar-refractivity contribution >= 4 is 0 Å². The second-order valence-corrected chi connectivity index (χ2v) is 7.69. The molecule has 0 unspecified atom stereocenters. The minimum absolute atomic E-state index is 0.167. The molecule has 0 spiro atoms. The number of nitrogens with zero attached hydrogens (tertiary/aromatic N) is 2. The first-order valence-corrected chi connectivity index (χ1v) is 9.76. The van der Waals surface area contributed by atoms with E-state index in [1.165, 1.54) is 11.1 Å². The molecule has 0 amide bonds. The van der Waals surface area contributed by atoms with Crippen LogP contribution in [0.15, 0.2) is 71.6 Å². The summed E-state index contributed by atoms with van der Waals surface area (Å²) in [5.41, 5.74) is 2.67. The van der Waals surface area contributed by atoms with E-state index in [0.29, 0.717) is 0 Å². The average molecular weight is 360 g/mol. The van der Waals surface area contributed by atoms with E-state index in [2.05, 4.69) is 34.1 Å². The third-order valence-electron chi connectivity index (χ3n) is 6.30. The van der Waals surface area contributed by atoms with Crippen molar-refractivity contribution in [2.45, 2.75) is 37.5 Å². The number of rotatable bonds is 5. The Morgan fingerprint density at radius 3 is 2.89 bits per heavy atom. The highest BCUT2D eigenvalue weighted by atomic mass is 16.3. The molecule has 5 rings (SSSR count). The summed E-state index contributed by atoms with van der Waals surface area (Å²) >= 11 is 0. The van der Waals surface area contributed by atoms with Gasteiger partial charge in [-0.2, -0.15) is 0 Å². The maximum absolute atomic E-state index is 11.9.